The van der Waals surface area contributed by atoms with Gasteiger partial charge in [0, 0.05) is 19.6 Å². The van der Waals surface area contributed by atoms with E-state index in [1.807, 2.05) is 0 Å². The second-order valence-electron chi connectivity index (χ2n) is 4.40. The zero-order valence-corrected chi connectivity index (χ0v) is 10.3. The third kappa shape index (κ3) is 2.91. The van der Waals surface area contributed by atoms with Crippen LogP contribution >= 0.6 is 0 Å². The van der Waals surface area contributed by atoms with E-state index in [-0.39, 0.29) is 13.1 Å². The number of nitrogens with one attached hydrogen (secondary N) is 1. The summed E-state index contributed by atoms with van der Waals surface area (Å²) in [4.78, 5) is 24.5. The van der Waals surface area contributed by atoms with E-state index < -0.39 is 24.0 Å². The van der Waals surface area contributed by atoms with Crippen molar-refractivity contribution in [3.05, 3.63) is 35.9 Å². The number of piperazine rings is 1. The maximum atomic E-state index is 12.2. The van der Waals surface area contributed by atoms with Gasteiger partial charge in [-0.15, -0.1) is 0 Å². The Balaban J connectivity index is 2.15. The van der Waals surface area contributed by atoms with Gasteiger partial charge in [0.1, 0.15) is 6.04 Å². The Morgan fingerprint density at radius 2 is 2.00 bits per heavy atom. The highest BCUT2D eigenvalue weighted by atomic mass is 16.4. The van der Waals surface area contributed by atoms with Crippen molar-refractivity contribution in [1.82, 2.24) is 10.2 Å². The molecule has 1 fully saturated rings. The molecule has 0 aromatic heterocycles. The molecule has 1 amide bonds. The van der Waals surface area contributed by atoms with Crippen LogP contribution in [0.2, 0.25) is 0 Å². The van der Waals surface area contributed by atoms with Crippen LogP contribution in [0, 0.1) is 0 Å². The van der Waals surface area contributed by atoms with Crippen LogP contribution in [0.25, 0.3) is 0 Å². The number of carboxylic acid groups (broad SMARTS) is 1. The molecule has 1 heterocycles. The first-order chi connectivity index (χ1) is 9.11. The van der Waals surface area contributed by atoms with Gasteiger partial charge in [-0.25, -0.2) is 4.79 Å². The molecule has 0 radical (unpaired) electrons. The zero-order chi connectivity index (χ0) is 13.8. The molecular weight excluding hydrogens is 248 g/mol. The molecule has 2 unspecified atom stereocenters. The Morgan fingerprint density at radius 1 is 1.32 bits per heavy atom. The predicted octanol–water partition coefficient (Wildman–Crippen LogP) is -0.395. The standard InChI is InChI=1S/C13H16N2O4/c16-11(9-4-2-1-3-5-9)12(17)15-7-6-14-8-10(15)13(18)19/h1-5,10-11,14,16H,6-8H2,(H,18,19). The number of hydrogen-bond acceptors (Lipinski definition) is 4. The summed E-state index contributed by atoms with van der Waals surface area (Å²) in [6.45, 7) is 0.999. The molecule has 1 saturated heterocycles. The van der Waals surface area contributed by atoms with E-state index in [0.717, 1.165) is 0 Å². The molecule has 6 nitrogen and oxygen atoms in total. The predicted molar refractivity (Wildman–Crippen MR) is 67.4 cm³/mol. The van der Waals surface area contributed by atoms with Gasteiger partial charge in [-0.05, 0) is 5.56 Å². The maximum absolute atomic E-state index is 12.2. The average Bonchev–Trinajstić information content (AvgIpc) is 2.46. The van der Waals surface area contributed by atoms with E-state index in [4.69, 9.17) is 5.11 Å². The van der Waals surface area contributed by atoms with Gasteiger partial charge in [0.25, 0.3) is 5.91 Å². The van der Waals surface area contributed by atoms with E-state index in [1.54, 1.807) is 30.3 Å². The molecule has 0 spiro atoms. The Hall–Kier alpha value is -1.92. The highest BCUT2D eigenvalue weighted by molar-refractivity contribution is 5.87. The third-order valence-corrected chi connectivity index (χ3v) is 3.16. The van der Waals surface area contributed by atoms with Gasteiger partial charge in [-0.3, -0.25) is 4.79 Å². The Kier molecular flexibility index (Phi) is 4.13. The van der Waals surface area contributed by atoms with Gasteiger partial charge in [0.2, 0.25) is 0 Å². The van der Waals surface area contributed by atoms with Gasteiger partial charge in [-0.1, -0.05) is 30.3 Å². The van der Waals surface area contributed by atoms with E-state index in [0.29, 0.717) is 12.1 Å². The number of aliphatic hydroxyl groups excluding tert-OH is 1. The second-order valence-corrected chi connectivity index (χ2v) is 4.40. The summed E-state index contributed by atoms with van der Waals surface area (Å²) >= 11 is 0. The van der Waals surface area contributed by atoms with Crippen LogP contribution in [0.4, 0.5) is 0 Å². The van der Waals surface area contributed by atoms with Crippen molar-refractivity contribution in [3.8, 4) is 0 Å². The lowest BCUT2D eigenvalue weighted by atomic mass is 10.1. The summed E-state index contributed by atoms with van der Waals surface area (Å²) in [5.41, 5.74) is 0.468. The molecular formula is C13H16N2O4. The highest BCUT2D eigenvalue weighted by Gasteiger charge is 2.35. The minimum absolute atomic E-state index is 0.197. The fraction of sp³-hybridized carbons (Fsp3) is 0.385. The number of nitrogens with zero attached hydrogens (tertiary/aromatic N) is 1. The lowest BCUT2D eigenvalue weighted by Crippen LogP contribution is -2.57. The molecule has 0 bridgehead atoms. The van der Waals surface area contributed by atoms with Crippen molar-refractivity contribution in [2.24, 2.45) is 0 Å². The van der Waals surface area contributed by atoms with Crippen LogP contribution in [-0.4, -0.2) is 52.7 Å². The summed E-state index contributed by atoms with van der Waals surface area (Å²) in [5, 5.41) is 22.1. The van der Waals surface area contributed by atoms with Crippen molar-refractivity contribution >= 4 is 11.9 Å². The number of amides is 1. The zero-order valence-electron chi connectivity index (χ0n) is 10.3. The van der Waals surface area contributed by atoms with Gasteiger partial charge >= 0.3 is 5.97 Å². The molecule has 102 valence electrons. The molecule has 2 rings (SSSR count). The number of carboxylic acids is 1. The largest absolute Gasteiger partial charge is 0.480 e. The molecule has 0 aliphatic carbocycles. The lowest BCUT2D eigenvalue weighted by molar-refractivity contribution is -0.155. The first kappa shape index (κ1) is 13.5. The minimum Gasteiger partial charge on any atom is -0.480 e. The quantitative estimate of drug-likeness (QED) is 0.691. The molecule has 19 heavy (non-hydrogen) atoms. The normalized spacial score (nSPS) is 20.9. The first-order valence-electron chi connectivity index (χ1n) is 6.08. The highest BCUT2D eigenvalue weighted by Crippen LogP contribution is 2.17. The van der Waals surface area contributed by atoms with Gasteiger partial charge in [0.05, 0.1) is 0 Å². The van der Waals surface area contributed by atoms with Crippen LogP contribution in [0.1, 0.15) is 11.7 Å². The van der Waals surface area contributed by atoms with Crippen molar-refractivity contribution in [1.29, 1.82) is 0 Å². The van der Waals surface area contributed by atoms with Gasteiger partial charge in [-0.2, -0.15) is 0 Å². The number of benzene rings is 1. The molecule has 1 aliphatic heterocycles. The van der Waals surface area contributed by atoms with Crippen LogP contribution < -0.4 is 5.32 Å². The lowest BCUT2D eigenvalue weighted by Gasteiger charge is -2.34. The van der Waals surface area contributed by atoms with E-state index in [2.05, 4.69) is 5.32 Å². The van der Waals surface area contributed by atoms with Crippen LogP contribution in [0.3, 0.4) is 0 Å². The molecule has 6 heteroatoms. The summed E-state index contributed by atoms with van der Waals surface area (Å²) in [5.74, 6) is -1.64. The molecule has 3 N–H and O–H groups in total. The SMILES string of the molecule is O=C(O)C1CNCCN1C(=O)C(O)c1ccccc1. The monoisotopic (exact) mass is 264 g/mol. The minimum atomic E-state index is -1.32. The summed E-state index contributed by atoms with van der Waals surface area (Å²) < 4.78 is 0. The summed E-state index contributed by atoms with van der Waals surface area (Å²) in [6, 6.07) is 7.57. The van der Waals surface area contributed by atoms with Crippen molar-refractivity contribution in [2.75, 3.05) is 19.6 Å². The van der Waals surface area contributed by atoms with Crippen LogP contribution in [0.5, 0.6) is 0 Å². The number of aliphatic hydroxyl groups is 1. The number of rotatable bonds is 3. The van der Waals surface area contributed by atoms with Crippen LogP contribution in [0.15, 0.2) is 30.3 Å². The summed E-state index contributed by atoms with van der Waals surface area (Å²) in [7, 11) is 0. The second kappa shape index (κ2) is 5.81. The third-order valence-electron chi connectivity index (χ3n) is 3.16. The average molecular weight is 264 g/mol. The topological polar surface area (TPSA) is 89.9 Å². The van der Waals surface area contributed by atoms with Crippen LogP contribution in [-0.2, 0) is 9.59 Å². The molecule has 1 aromatic rings. The molecule has 1 aromatic carbocycles. The molecule has 2 atom stereocenters. The number of carbonyl (C=O) groups excluding carboxylic acids is 1. The number of hydrogen-bond donors (Lipinski definition) is 3. The Labute approximate surface area is 110 Å². The number of carbonyl (C=O) groups is 2. The van der Waals surface area contributed by atoms with E-state index in [9.17, 15) is 14.7 Å². The van der Waals surface area contributed by atoms with Gasteiger partial charge in [0.15, 0.2) is 6.10 Å². The Bertz CT molecular complexity index is 463. The maximum Gasteiger partial charge on any atom is 0.327 e. The summed E-state index contributed by atoms with van der Waals surface area (Å²) in [6.07, 6.45) is -1.32. The van der Waals surface area contributed by atoms with Crippen molar-refractivity contribution in [3.63, 3.8) is 0 Å². The van der Waals surface area contributed by atoms with E-state index in [1.165, 1.54) is 4.90 Å². The molecule has 0 saturated carbocycles. The van der Waals surface area contributed by atoms with Crippen molar-refractivity contribution < 1.29 is 19.8 Å². The molecule has 1 aliphatic rings. The smallest absolute Gasteiger partial charge is 0.327 e. The van der Waals surface area contributed by atoms with Crippen molar-refractivity contribution in [2.45, 2.75) is 12.1 Å². The fourth-order valence-electron chi connectivity index (χ4n) is 2.12. The van der Waals surface area contributed by atoms with E-state index >= 15 is 0 Å². The Morgan fingerprint density at radius 3 is 2.63 bits per heavy atom. The van der Waals surface area contributed by atoms with Gasteiger partial charge < -0.3 is 20.4 Å². The first-order valence-corrected chi connectivity index (χ1v) is 6.08. The fourth-order valence-corrected chi connectivity index (χ4v) is 2.12. The number of aliphatic carboxylic acids is 1.